The Balaban J connectivity index is 1.35. The van der Waals surface area contributed by atoms with Crippen molar-refractivity contribution >= 4 is 60.0 Å². The zero-order valence-corrected chi connectivity index (χ0v) is 19.0. The van der Waals surface area contributed by atoms with E-state index in [2.05, 4.69) is 27.1 Å². The van der Waals surface area contributed by atoms with Crippen LogP contribution in [0.2, 0.25) is 0 Å². The highest BCUT2D eigenvalue weighted by Gasteiger charge is 2.16. The largest absolute Gasteiger partial charge is 0.436 e. The molecule has 0 aliphatic rings. The number of thiazole rings is 1. The van der Waals surface area contributed by atoms with Gasteiger partial charge in [-0.2, -0.15) is 0 Å². The predicted molar refractivity (Wildman–Crippen MR) is 128 cm³/mol. The molecule has 0 bridgehead atoms. The first-order chi connectivity index (χ1) is 15.5. The third-order valence-corrected chi connectivity index (χ3v) is 7.20. The Morgan fingerprint density at radius 1 is 1.12 bits per heavy atom. The topological polar surface area (TPSA) is 71.3 Å². The van der Waals surface area contributed by atoms with Gasteiger partial charge in [0.1, 0.15) is 16.2 Å². The minimum absolute atomic E-state index is 0.190. The van der Waals surface area contributed by atoms with Crippen LogP contribution in [0.3, 0.4) is 0 Å². The fourth-order valence-corrected chi connectivity index (χ4v) is 5.44. The molecule has 0 saturated carbocycles. The van der Waals surface area contributed by atoms with E-state index in [0.29, 0.717) is 33.1 Å². The third-order valence-electron chi connectivity index (χ3n) is 4.92. The number of nitrogens with zero attached hydrogens (tertiary/aromatic N) is 3. The molecule has 0 spiro atoms. The van der Waals surface area contributed by atoms with E-state index in [-0.39, 0.29) is 11.7 Å². The van der Waals surface area contributed by atoms with E-state index in [4.69, 9.17) is 4.42 Å². The molecule has 0 fully saturated rings. The molecule has 0 atom stereocenters. The van der Waals surface area contributed by atoms with Crippen LogP contribution in [0.4, 0.5) is 15.2 Å². The van der Waals surface area contributed by atoms with Crippen molar-refractivity contribution in [3.63, 3.8) is 0 Å². The summed E-state index contributed by atoms with van der Waals surface area (Å²) >= 11 is 2.98. The maximum absolute atomic E-state index is 13.2. The Labute approximate surface area is 191 Å². The molecule has 32 heavy (non-hydrogen) atoms. The van der Waals surface area contributed by atoms with Crippen LogP contribution in [0.5, 0.6) is 0 Å². The minimum atomic E-state index is -0.317. The lowest BCUT2D eigenvalue weighted by molar-refractivity contribution is 0.103. The maximum atomic E-state index is 13.2. The Kier molecular flexibility index (Phi) is 5.36. The first-order valence-electron chi connectivity index (χ1n) is 10.1. The van der Waals surface area contributed by atoms with Gasteiger partial charge in [-0.05, 0) is 55.0 Å². The summed E-state index contributed by atoms with van der Waals surface area (Å²) in [5.41, 5.74) is 2.50. The van der Waals surface area contributed by atoms with Crippen LogP contribution in [0, 0.1) is 5.82 Å². The lowest BCUT2D eigenvalue weighted by Gasteiger charge is -2.13. The van der Waals surface area contributed by atoms with Crippen molar-refractivity contribution in [2.75, 3.05) is 23.8 Å². The Bertz CT molecular complexity index is 1390. The van der Waals surface area contributed by atoms with Gasteiger partial charge in [0, 0.05) is 24.8 Å². The third kappa shape index (κ3) is 3.96. The summed E-state index contributed by atoms with van der Waals surface area (Å²) in [5.74, 6) is -0.107. The van der Waals surface area contributed by atoms with E-state index in [1.807, 2.05) is 13.1 Å². The van der Waals surface area contributed by atoms with Crippen molar-refractivity contribution in [1.29, 1.82) is 0 Å². The van der Waals surface area contributed by atoms with Crippen molar-refractivity contribution < 1.29 is 13.6 Å². The number of rotatable bonds is 6. The number of nitrogens with one attached hydrogen (secondary N) is 1. The fourth-order valence-electron chi connectivity index (χ4n) is 3.34. The first-order valence-corrected chi connectivity index (χ1v) is 11.7. The Morgan fingerprint density at radius 3 is 2.69 bits per heavy atom. The van der Waals surface area contributed by atoms with Crippen molar-refractivity contribution in [2.45, 2.75) is 13.3 Å². The fraction of sp³-hybridized carbons (Fsp3) is 0.174. The van der Waals surface area contributed by atoms with Crippen LogP contribution >= 0.6 is 22.7 Å². The molecule has 0 unspecified atom stereocenters. The second-order valence-corrected chi connectivity index (χ2v) is 9.40. The lowest BCUT2D eigenvalue weighted by Crippen LogP contribution is -2.17. The van der Waals surface area contributed by atoms with Crippen molar-refractivity contribution in [2.24, 2.45) is 0 Å². The quantitative estimate of drug-likeness (QED) is 0.313. The molecule has 3 aromatic heterocycles. The summed E-state index contributed by atoms with van der Waals surface area (Å²) in [6, 6.07) is 13.1. The van der Waals surface area contributed by atoms with E-state index in [1.54, 1.807) is 41.7 Å². The van der Waals surface area contributed by atoms with Gasteiger partial charge in [-0.25, -0.2) is 14.4 Å². The van der Waals surface area contributed by atoms with Gasteiger partial charge in [0.2, 0.25) is 5.89 Å². The molecule has 2 aromatic carbocycles. The molecule has 0 aliphatic carbocycles. The summed E-state index contributed by atoms with van der Waals surface area (Å²) in [7, 11) is 2.03. The van der Waals surface area contributed by atoms with Crippen LogP contribution in [0.25, 0.3) is 32.1 Å². The average Bonchev–Trinajstić information content (AvgIpc) is 3.47. The van der Waals surface area contributed by atoms with Gasteiger partial charge >= 0.3 is 0 Å². The van der Waals surface area contributed by atoms with Gasteiger partial charge in [-0.1, -0.05) is 18.3 Å². The average molecular weight is 467 g/mol. The number of anilines is 2. The molecule has 0 saturated heterocycles. The highest BCUT2D eigenvalue weighted by atomic mass is 32.1. The molecular formula is C23H19FN4O2S2. The van der Waals surface area contributed by atoms with Crippen LogP contribution in [0.1, 0.15) is 23.0 Å². The highest BCUT2D eigenvalue weighted by molar-refractivity contribution is 7.29. The summed E-state index contributed by atoms with van der Waals surface area (Å²) in [4.78, 5) is 25.5. The van der Waals surface area contributed by atoms with E-state index >= 15 is 0 Å². The molecule has 5 rings (SSSR count). The summed E-state index contributed by atoms with van der Waals surface area (Å²) < 4.78 is 19.9. The zero-order chi connectivity index (χ0) is 22.2. The number of thiophene rings is 1. The molecule has 9 heteroatoms. The summed E-state index contributed by atoms with van der Waals surface area (Å²) in [6.07, 6.45) is 1.05. The number of benzene rings is 2. The molecule has 1 amide bonds. The van der Waals surface area contributed by atoms with Crippen molar-refractivity contribution in [1.82, 2.24) is 9.97 Å². The smallest absolute Gasteiger partial charge is 0.265 e. The summed E-state index contributed by atoms with van der Waals surface area (Å²) in [5, 5.41) is 3.89. The summed E-state index contributed by atoms with van der Waals surface area (Å²) in [6.45, 7) is 3.08. The number of oxazole rings is 1. The van der Waals surface area contributed by atoms with Crippen LogP contribution < -0.4 is 10.2 Å². The number of aromatic nitrogens is 2. The standard InChI is InChI=1S/C23H19FN4O2S2/c1-3-10-28(2)23-27-22-19(32-23)12-18(31-22)20(29)25-15-8-9-17-16(11-15)26-21(30-17)13-4-6-14(24)7-5-13/h4-9,11-12H,3,10H2,1-2H3,(H,25,29). The van der Waals surface area contributed by atoms with E-state index < -0.39 is 0 Å². The predicted octanol–water partition coefficient (Wildman–Crippen LogP) is 6.40. The second-order valence-electron chi connectivity index (χ2n) is 7.36. The monoisotopic (exact) mass is 466 g/mol. The van der Waals surface area contributed by atoms with Crippen molar-refractivity contribution in [3.05, 3.63) is 59.2 Å². The number of carbonyl (C=O) groups excluding carboxylic acids is 1. The van der Waals surface area contributed by atoms with Crippen LogP contribution in [0.15, 0.2) is 52.9 Å². The minimum Gasteiger partial charge on any atom is -0.436 e. The van der Waals surface area contributed by atoms with Gasteiger partial charge in [-0.15, -0.1) is 11.3 Å². The van der Waals surface area contributed by atoms with E-state index in [9.17, 15) is 9.18 Å². The van der Waals surface area contributed by atoms with E-state index in [0.717, 1.165) is 27.6 Å². The number of hydrogen-bond donors (Lipinski definition) is 1. The second kappa shape index (κ2) is 8.33. The van der Waals surface area contributed by atoms with Crippen LogP contribution in [-0.2, 0) is 0 Å². The molecule has 6 nitrogen and oxygen atoms in total. The number of fused-ring (bicyclic) bond motifs is 2. The molecule has 3 heterocycles. The molecule has 162 valence electrons. The van der Waals surface area contributed by atoms with Gasteiger partial charge in [0.05, 0.1) is 9.58 Å². The number of amides is 1. The normalized spacial score (nSPS) is 11.3. The van der Waals surface area contributed by atoms with Gasteiger partial charge in [0.15, 0.2) is 10.7 Å². The highest BCUT2D eigenvalue weighted by Crippen LogP contribution is 2.35. The molecule has 1 N–H and O–H groups in total. The first kappa shape index (κ1) is 20.6. The molecule has 0 aliphatic heterocycles. The number of carbonyl (C=O) groups is 1. The zero-order valence-electron chi connectivity index (χ0n) is 17.4. The Hall–Kier alpha value is -3.30. The molecular weight excluding hydrogens is 447 g/mol. The van der Waals surface area contributed by atoms with Gasteiger partial charge < -0.3 is 14.6 Å². The van der Waals surface area contributed by atoms with Gasteiger partial charge in [-0.3, -0.25) is 4.79 Å². The van der Waals surface area contributed by atoms with E-state index in [1.165, 1.54) is 23.5 Å². The van der Waals surface area contributed by atoms with Crippen LogP contribution in [-0.4, -0.2) is 29.5 Å². The van der Waals surface area contributed by atoms with Gasteiger partial charge in [0.25, 0.3) is 5.91 Å². The SMILES string of the molecule is CCCN(C)c1nc2sc(C(=O)Nc3ccc4oc(-c5ccc(F)cc5)nc4c3)cc2s1. The Morgan fingerprint density at radius 2 is 1.94 bits per heavy atom. The number of hydrogen-bond acceptors (Lipinski definition) is 7. The van der Waals surface area contributed by atoms with Crippen molar-refractivity contribution in [3.8, 4) is 11.5 Å². The number of halogens is 1. The lowest BCUT2D eigenvalue weighted by atomic mass is 10.2. The molecule has 5 aromatic rings. The molecule has 0 radical (unpaired) electrons. The maximum Gasteiger partial charge on any atom is 0.265 e.